The third-order valence-electron chi connectivity index (χ3n) is 3.36. The monoisotopic (exact) mass is 334 g/mol. The van der Waals surface area contributed by atoms with Crippen LogP contribution in [0.3, 0.4) is 0 Å². The van der Waals surface area contributed by atoms with E-state index in [1.807, 2.05) is 12.1 Å². The second kappa shape index (κ2) is 6.88. The lowest BCUT2D eigenvalue weighted by Crippen LogP contribution is -2.35. The van der Waals surface area contributed by atoms with Crippen molar-refractivity contribution in [3.05, 3.63) is 51.7 Å². The zero-order valence-corrected chi connectivity index (χ0v) is 13.8. The maximum absolute atomic E-state index is 12.3. The van der Waals surface area contributed by atoms with Crippen LogP contribution < -0.4 is 5.32 Å². The topological polar surface area (TPSA) is 62.2 Å². The van der Waals surface area contributed by atoms with Gasteiger partial charge >= 0.3 is 5.97 Å². The molecule has 2 N–H and O–H groups in total. The number of hydrogen-bond acceptors (Lipinski definition) is 4. The van der Waals surface area contributed by atoms with Gasteiger partial charge in [-0.05, 0) is 37.4 Å². The summed E-state index contributed by atoms with van der Waals surface area (Å²) in [6.07, 6.45) is 0. The van der Waals surface area contributed by atoms with Crippen molar-refractivity contribution in [3.8, 4) is 0 Å². The van der Waals surface area contributed by atoms with Crippen LogP contribution in [0.15, 0.2) is 41.1 Å². The number of benzene rings is 1. The van der Waals surface area contributed by atoms with Crippen molar-refractivity contribution in [1.82, 2.24) is 5.32 Å². The van der Waals surface area contributed by atoms with Gasteiger partial charge in [0.05, 0.1) is 23.7 Å². The first-order chi connectivity index (χ1) is 10.5. The van der Waals surface area contributed by atoms with Crippen molar-refractivity contribution in [2.75, 3.05) is 6.61 Å². The molecule has 0 radical (unpaired) electrons. The molecule has 1 atom stereocenters. The number of carbonyl (C=O) groups is 1. The third-order valence-corrected chi connectivity index (χ3v) is 3.93. The Labute approximate surface area is 139 Å². The molecule has 0 saturated carbocycles. The summed E-state index contributed by atoms with van der Waals surface area (Å²) in [5, 5.41) is 11.1. The van der Waals surface area contributed by atoms with E-state index in [2.05, 4.69) is 11.2 Å². The predicted octanol–water partition coefficient (Wildman–Crippen LogP) is 3.37. The van der Waals surface area contributed by atoms with E-state index in [9.17, 15) is 4.79 Å². The van der Waals surface area contributed by atoms with Crippen LogP contribution in [0, 0.1) is 5.41 Å². The van der Waals surface area contributed by atoms with Crippen LogP contribution >= 0.6 is 23.8 Å². The largest absolute Gasteiger partial charge is 0.463 e. The SMILES string of the molecule is CCOC(=O)C1=C(C)NC(=S)C(=C=N)[C@@H]1c1ccc(Cl)cc1. The minimum absolute atomic E-state index is 0.275. The first-order valence-electron chi connectivity index (χ1n) is 6.73. The number of thiocarbonyl (C=S) groups is 1. The maximum Gasteiger partial charge on any atom is 0.336 e. The summed E-state index contributed by atoms with van der Waals surface area (Å²) in [4.78, 5) is 12.7. The highest BCUT2D eigenvalue weighted by Gasteiger charge is 2.35. The van der Waals surface area contributed by atoms with E-state index in [0.717, 1.165) is 5.56 Å². The number of hydrogen-bond donors (Lipinski definition) is 2. The Bertz CT molecular complexity index is 703. The van der Waals surface area contributed by atoms with Gasteiger partial charge in [-0.25, -0.2) is 4.79 Å². The molecule has 0 fully saturated rings. The minimum atomic E-state index is -0.484. The van der Waals surface area contributed by atoms with Gasteiger partial charge < -0.3 is 10.1 Å². The van der Waals surface area contributed by atoms with Crippen LogP contribution in [-0.4, -0.2) is 23.4 Å². The molecule has 0 aromatic heterocycles. The molecule has 6 heteroatoms. The predicted molar refractivity (Wildman–Crippen MR) is 90.5 cm³/mol. The van der Waals surface area contributed by atoms with Crippen LogP contribution in [0.2, 0.25) is 5.02 Å². The highest BCUT2D eigenvalue weighted by Crippen LogP contribution is 2.36. The van der Waals surface area contributed by atoms with Crippen LogP contribution in [0.4, 0.5) is 0 Å². The van der Waals surface area contributed by atoms with Crippen molar-refractivity contribution in [2.24, 2.45) is 0 Å². The Kier molecular flexibility index (Phi) is 5.14. The van der Waals surface area contributed by atoms with Gasteiger partial charge in [0.1, 0.15) is 4.99 Å². The highest BCUT2D eigenvalue weighted by molar-refractivity contribution is 7.80. The van der Waals surface area contributed by atoms with E-state index >= 15 is 0 Å². The lowest BCUT2D eigenvalue weighted by atomic mass is 9.81. The highest BCUT2D eigenvalue weighted by atomic mass is 35.5. The molecule has 1 aromatic carbocycles. The van der Waals surface area contributed by atoms with Gasteiger partial charge in [-0.2, -0.15) is 0 Å². The zero-order valence-electron chi connectivity index (χ0n) is 12.2. The molecule has 1 heterocycles. The molecule has 0 spiro atoms. The molecule has 0 aliphatic carbocycles. The first kappa shape index (κ1) is 16.4. The summed E-state index contributed by atoms with van der Waals surface area (Å²) < 4.78 is 5.15. The summed E-state index contributed by atoms with van der Waals surface area (Å²) in [6.45, 7) is 3.79. The van der Waals surface area contributed by atoms with Gasteiger partial charge in [-0.3, -0.25) is 5.41 Å². The molecule has 2 rings (SSSR count). The van der Waals surface area contributed by atoms with Crippen molar-refractivity contribution in [2.45, 2.75) is 19.8 Å². The van der Waals surface area contributed by atoms with Gasteiger partial charge in [0.2, 0.25) is 0 Å². The summed E-state index contributed by atoms with van der Waals surface area (Å²) >= 11 is 11.2. The smallest absolute Gasteiger partial charge is 0.336 e. The van der Waals surface area contributed by atoms with Gasteiger partial charge in [0.25, 0.3) is 0 Å². The maximum atomic E-state index is 12.3. The Morgan fingerprint density at radius 2 is 2.09 bits per heavy atom. The Morgan fingerprint density at radius 1 is 1.45 bits per heavy atom. The van der Waals surface area contributed by atoms with Gasteiger partial charge in [-0.15, -0.1) is 0 Å². The fourth-order valence-corrected chi connectivity index (χ4v) is 2.84. The lowest BCUT2D eigenvalue weighted by Gasteiger charge is -2.29. The molecule has 4 nitrogen and oxygen atoms in total. The molecule has 0 amide bonds. The van der Waals surface area contributed by atoms with E-state index < -0.39 is 11.9 Å². The van der Waals surface area contributed by atoms with Crippen LogP contribution in [0.25, 0.3) is 0 Å². The van der Waals surface area contributed by atoms with Crippen molar-refractivity contribution < 1.29 is 9.53 Å². The molecular formula is C16H15ClN2O2S. The van der Waals surface area contributed by atoms with Crippen molar-refractivity contribution >= 4 is 40.6 Å². The number of allylic oxidation sites excluding steroid dienone is 1. The molecule has 22 heavy (non-hydrogen) atoms. The zero-order chi connectivity index (χ0) is 16.3. The number of ether oxygens (including phenoxy) is 1. The summed E-state index contributed by atoms with van der Waals surface area (Å²) in [5.41, 5.74) is 2.31. The third kappa shape index (κ3) is 3.12. The molecule has 114 valence electrons. The summed E-state index contributed by atoms with van der Waals surface area (Å²) in [7, 11) is 0. The Morgan fingerprint density at radius 3 is 2.64 bits per heavy atom. The molecule has 1 aliphatic rings. The van der Waals surface area contributed by atoms with E-state index in [0.29, 0.717) is 26.9 Å². The summed E-state index contributed by atoms with van der Waals surface area (Å²) in [5.74, 6) is 1.44. The average Bonchev–Trinajstić information content (AvgIpc) is 2.47. The average molecular weight is 335 g/mol. The number of esters is 1. The van der Waals surface area contributed by atoms with Crippen LogP contribution in [0.1, 0.15) is 25.3 Å². The standard InChI is InChI=1S/C16H15ClN2O2S/c1-3-21-16(20)13-9(2)19-15(22)12(8-18)14(13)10-4-6-11(17)7-5-10/h4-7,14,18H,3H2,1-2H3,(H,19,22)/t14-/m0/s1. The van der Waals surface area contributed by atoms with Crippen LogP contribution in [0.5, 0.6) is 0 Å². The molecule has 1 aromatic rings. The quantitative estimate of drug-likeness (QED) is 0.385. The number of nitrogens with one attached hydrogen (secondary N) is 2. The van der Waals surface area contributed by atoms with E-state index in [-0.39, 0.29) is 6.61 Å². The van der Waals surface area contributed by atoms with Gasteiger partial charge in [0, 0.05) is 10.7 Å². The van der Waals surface area contributed by atoms with Gasteiger partial charge in [0.15, 0.2) is 0 Å². The molecule has 1 aliphatic heterocycles. The number of carbonyl (C=O) groups excluding carboxylic acids is 1. The minimum Gasteiger partial charge on any atom is -0.463 e. The Hall–Kier alpha value is -1.94. The normalized spacial score (nSPS) is 17.9. The summed E-state index contributed by atoms with van der Waals surface area (Å²) in [6, 6.07) is 7.10. The van der Waals surface area contributed by atoms with Crippen molar-refractivity contribution in [1.29, 1.82) is 5.41 Å². The van der Waals surface area contributed by atoms with Crippen LogP contribution in [-0.2, 0) is 9.53 Å². The number of rotatable bonds is 3. The molecule has 0 saturated heterocycles. The fraction of sp³-hybridized carbons (Fsp3) is 0.250. The van der Waals surface area contributed by atoms with E-state index in [1.165, 1.54) is 0 Å². The fourth-order valence-electron chi connectivity index (χ4n) is 2.39. The number of halogens is 1. The lowest BCUT2D eigenvalue weighted by molar-refractivity contribution is -0.138. The van der Waals surface area contributed by atoms with Crippen molar-refractivity contribution in [3.63, 3.8) is 0 Å². The first-order valence-corrected chi connectivity index (χ1v) is 7.52. The van der Waals surface area contributed by atoms with E-state index in [4.69, 9.17) is 34.0 Å². The van der Waals surface area contributed by atoms with Gasteiger partial charge in [-0.1, -0.05) is 36.0 Å². The Balaban J connectivity index is 2.62. The second-order valence-electron chi connectivity index (χ2n) is 4.74. The van der Waals surface area contributed by atoms with E-state index in [1.54, 1.807) is 26.0 Å². The second-order valence-corrected chi connectivity index (χ2v) is 5.58. The molecule has 0 unspecified atom stereocenters. The molecular weight excluding hydrogens is 320 g/mol. The molecule has 0 bridgehead atoms.